The molecule has 158 valence electrons. The van der Waals surface area contributed by atoms with Crippen LogP contribution in [0.1, 0.15) is 11.1 Å². The van der Waals surface area contributed by atoms with Crippen molar-refractivity contribution < 1.29 is 29.9 Å². The fourth-order valence-electron chi connectivity index (χ4n) is 2.49. The van der Waals surface area contributed by atoms with Crippen LogP contribution in [0.2, 0.25) is 0 Å². The van der Waals surface area contributed by atoms with Gasteiger partial charge in [0.2, 0.25) is 0 Å². The monoisotopic (exact) mass is 448 g/mol. The Balaban J connectivity index is 1.98. The van der Waals surface area contributed by atoms with E-state index in [0.717, 1.165) is 11.1 Å². The molecule has 9 heteroatoms. The van der Waals surface area contributed by atoms with Crippen molar-refractivity contribution in [3.63, 3.8) is 0 Å². The Labute approximate surface area is 176 Å². The molecule has 0 amide bonds. The molecule has 0 saturated carbocycles. The lowest BCUT2D eigenvalue weighted by molar-refractivity contribution is 0.407. The highest BCUT2D eigenvalue weighted by atomic mass is 32.2. The maximum Gasteiger partial charge on any atom is 0.339 e. The summed E-state index contributed by atoms with van der Waals surface area (Å²) in [5.41, 5.74) is 1.76. The third-order valence-corrected chi connectivity index (χ3v) is 6.67. The molecule has 0 radical (unpaired) electrons. The van der Waals surface area contributed by atoms with Gasteiger partial charge in [0.25, 0.3) is 0 Å². The van der Waals surface area contributed by atoms with Gasteiger partial charge in [-0.3, -0.25) is 0 Å². The normalized spacial score (nSPS) is 11.7. The van der Waals surface area contributed by atoms with Crippen LogP contribution in [0.15, 0.2) is 76.5 Å². The maximum absolute atomic E-state index is 12.7. The molecule has 0 saturated heterocycles. The van der Waals surface area contributed by atoms with E-state index in [2.05, 4.69) is 0 Å². The topological polar surface area (TPSA) is 96.0 Å². The summed E-state index contributed by atoms with van der Waals surface area (Å²) < 4.78 is 66.1. The van der Waals surface area contributed by atoms with Gasteiger partial charge in [-0.05, 0) is 50.2 Å². The summed E-state index contributed by atoms with van der Waals surface area (Å²) in [6.07, 6.45) is 0. The van der Waals surface area contributed by atoms with Crippen LogP contribution in [0, 0.1) is 13.8 Å². The zero-order valence-electron chi connectivity index (χ0n) is 16.5. The Bertz CT molecular complexity index is 1250. The highest BCUT2D eigenvalue weighted by Crippen LogP contribution is 2.35. The average molecular weight is 449 g/mol. The second-order valence-electron chi connectivity index (χ2n) is 6.51. The van der Waals surface area contributed by atoms with Crippen LogP contribution in [0.25, 0.3) is 0 Å². The Hall–Kier alpha value is -3.04. The van der Waals surface area contributed by atoms with Gasteiger partial charge in [-0.15, -0.1) is 0 Å². The molecule has 0 bridgehead atoms. The van der Waals surface area contributed by atoms with Crippen LogP contribution in [0.5, 0.6) is 17.2 Å². The van der Waals surface area contributed by atoms with E-state index in [1.807, 2.05) is 13.8 Å². The quantitative estimate of drug-likeness (QED) is 0.507. The van der Waals surface area contributed by atoms with E-state index in [4.69, 9.17) is 13.1 Å². The fourth-order valence-corrected chi connectivity index (χ4v) is 4.36. The van der Waals surface area contributed by atoms with Crippen LogP contribution in [0.4, 0.5) is 0 Å². The third kappa shape index (κ3) is 4.92. The van der Waals surface area contributed by atoms with Gasteiger partial charge in [0.05, 0.1) is 7.11 Å². The number of aryl methyl sites for hydroxylation is 2. The first-order chi connectivity index (χ1) is 14.1. The van der Waals surface area contributed by atoms with Gasteiger partial charge < -0.3 is 13.1 Å². The SMILES string of the molecule is COc1ccc(OS(=O)(=O)c2ccc(C)cc2)c(OS(=O)(=O)c2ccc(C)cc2)c1. The Morgan fingerprint density at radius 3 is 1.47 bits per heavy atom. The molecule has 3 aromatic carbocycles. The van der Waals surface area contributed by atoms with E-state index in [1.165, 1.54) is 49.6 Å². The van der Waals surface area contributed by atoms with Gasteiger partial charge in [0.15, 0.2) is 11.5 Å². The summed E-state index contributed by atoms with van der Waals surface area (Å²) in [6.45, 7) is 3.64. The number of benzene rings is 3. The van der Waals surface area contributed by atoms with Crippen molar-refractivity contribution in [2.45, 2.75) is 23.6 Å². The van der Waals surface area contributed by atoms with E-state index < -0.39 is 20.2 Å². The Kier molecular flexibility index (Phi) is 6.04. The number of ether oxygens (including phenoxy) is 1. The van der Waals surface area contributed by atoms with Crippen LogP contribution >= 0.6 is 0 Å². The van der Waals surface area contributed by atoms with Crippen molar-refractivity contribution in [1.82, 2.24) is 0 Å². The number of hydrogen-bond donors (Lipinski definition) is 0. The zero-order chi connectivity index (χ0) is 21.9. The third-order valence-electron chi connectivity index (χ3n) is 4.17. The molecule has 3 aromatic rings. The highest BCUT2D eigenvalue weighted by Gasteiger charge is 2.24. The second-order valence-corrected chi connectivity index (χ2v) is 9.61. The van der Waals surface area contributed by atoms with E-state index in [9.17, 15) is 16.8 Å². The lowest BCUT2D eigenvalue weighted by atomic mass is 10.2. The summed E-state index contributed by atoms with van der Waals surface area (Å²) in [7, 11) is -7.06. The minimum Gasteiger partial charge on any atom is -0.497 e. The molecule has 0 heterocycles. The van der Waals surface area contributed by atoms with Gasteiger partial charge in [-0.1, -0.05) is 35.4 Å². The van der Waals surface area contributed by atoms with Gasteiger partial charge in [0, 0.05) is 6.07 Å². The molecular weight excluding hydrogens is 428 g/mol. The van der Waals surface area contributed by atoms with Crippen LogP contribution in [0.3, 0.4) is 0 Å². The fraction of sp³-hybridized carbons (Fsp3) is 0.143. The molecule has 0 aromatic heterocycles. The lowest BCUT2D eigenvalue weighted by Crippen LogP contribution is -2.14. The number of hydrogen-bond acceptors (Lipinski definition) is 7. The average Bonchev–Trinajstić information content (AvgIpc) is 2.69. The van der Waals surface area contributed by atoms with E-state index in [1.54, 1.807) is 24.3 Å². The lowest BCUT2D eigenvalue weighted by Gasteiger charge is -2.14. The summed E-state index contributed by atoms with van der Waals surface area (Å²) >= 11 is 0. The predicted molar refractivity (Wildman–Crippen MR) is 111 cm³/mol. The molecule has 0 spiro atoms. The molecule has 0 N–H and O–H groups in total. The molecule has 0 atom stereocenters. The highest BCUT2D eigenvalue weighted by molar-refractivity contribution is 7.87. The summed E-state index contributed by atoms with van der Waals surface area (Å²) in [5, 5.41) is 0. The smallest absolute Gasteiger partial charge is 0.339 e. The predicted octanol–water partition coefficient (Wildman–Crippen LogP) is 3.85. The van der Waals surface area contributed by atoms with Gasteiger partial charge in [-0.2, -0.15) is 16.8 Å². The molecule has 0 aliphatic rings. The van der Waals surface area contributed by atoms with Crippen molar-refractivity contribution >= 4 is 20.2 Å². The van der Waals surface area contributed by atoms with Crippen molar-refractivity contribution in [2.24, 2.45) is 0 Å². The first kappa shape index (κ1) is 21.7. The van der Waals surface area contributed by atoms with Crippen LogP contribution < -0.4 is 13.1 Å². The van der Waals surface area contributed by atoms with Crippen molar-refractivity contribution in [3.8, 4) is 17.2 Å². The maximum atomic E-state index is 12.7. The molecule has 0 fully saturated rings. The van der Waals surface area contributed by atoms with E-state index in [0.29, 0.717) is 0 Å². The molecule has 0 aliphatic heterocycles. The zero-order valence-corrected chi connectivity index (χ0v) is 18.2. The largest absolute Gasteiger partial charge is 0.497 e. The molecule has 3 rings (SSSR count). The molecular formula is C21H20O7S2. The van der Waals surface area contributed by atoms with Crippen LogP contribution in [-0.4, -0.2) is 23.9 Å². The summed E-state index contributed by atoms with van der Waals surface area (Å²) in [5.74, 6) is -0.332. The Morgan fingerprint density at radius 2 is 1.03 bits per heavy atom. The van der Waals surface area contributed by atoms with Gasteiger partial charge in [-0.25, -0.2) is 0 Å². The number of methoxy groups -OCH3 is 1. The van der Waals surface area contributed by atoms with Crippen LogP contribution in [-0.2, 0) is 20.2 Å². The molecule has 30 heavy (non-hydrogen) atoms. The minimum absolute atomic E-state index is 0.0729. The molecule has 0 aliphatic carbocycles. The van der Waals surface area contributed by atoms with Crippen molar-refractivity contribution in [2.75, 3.05) is 7.11 Å². The first-order valence-electron chi connectivity index (χ1n) is 8.81. The minimum atomic E-state index is -4.23. The molecule has 7 nitrogen and oxygen atoms in total. The summed E-state index contributed by atoms with van der Waals surface area (Å²) in [6, 6.07) is 16.1. The standard InChI is InChI=1S/C21H20O7S2/c1-15-4-9-18(10-5-15)29(22,23)27-20-13-8-17(26-3)14-21(20)28-30(24,25)19-11-6-16(2)7-12-19/h4-14H,1-3H3. The van der Waals surface area contributed by atoms with E-state index in [-0.39, 0.29) is 27.0 Å². The second kappa shape index (κ2) is 8.37. The number of rotatable bonds is 7. The van der Waals surface area contributed by atoms with Gasteiger partial charge in [0.1, 0.15) is 15.5 Å². The van der Waals surface area contributed by atoms with Gasteiger partial charge >= 0.3 is 20.2 Å². The van der Waals surface area contributed by atoms with E-state index >= 15 is 0 Å². The molecule has 0 unspecified atom stereocenters. The summed E-state index contributed by atoms with van der Waals surface area (Å²) in [4.78, 5) is -0.153. The van der Waals surface area contributed by atoms with Crippen molar-refractivity contribution in [1.29, 1.82) is 0 Å². The Morgan fingerprint density at radius 1 is 0.600 bits per heavy atom. The van der Waals surface area contributed by atoms with Crippen molar-refractivity contribution in [3.05, 3.63) is 77.9 Å². The first-order valence-corrected chi connectivity index (χ1v) is 11.6.